The topological polar surface area (TPSA) is 88.4 Å². The van der Waals surface area contributed by atoms with E-state index < -0.39 is 11.8 Å². The van der Waals surface area contributed by atoms with Crippen LogP contribution in [0.1, 0.15) is 33.4 Å². The van der Waals surface area contributed by atoms with E-state index >= 15 is 0 Å². The van der Waals surface area contributed by atoms with Crippen molar-refractivity contribution in [2.75, 3.05) is 5.32 Å². The predicted octanol–water partition coefficient (Wildman–Crippen LogP) is 4.65. The van der Waals surface area contributed by atoms with E-state index in [9.17, 15) is 14.4 Å². The highest BCUT2D eigenvalue weighted by Crippen LogP contribution is 2.16. The number of hydrogen-bond donors (Lipinski definition) is 2. The molecule has 0 spiro atoms. The number of Topliss-reactive ketones (excluding diaryl/α,β-unsaturated/α-hetero) is 1. The van der Waals surface area contributed by atoms with Crippen LogP contribution in [0.15, 0.2) is 81.5 Å². The molecule has 0 saturated heterocycles. The Morgan fingerprint density at radius 2 is 1.79 bits per heavy atom. The van der Waals surface area contributed by atoms with E-state index in [0.717, 1.165) is 4.47 Å². The Hall–Kier alpha value is -3.45. The van der Waals surface area contributed by atoms with Crippen molar-refractivity contribution in [2.24, 2.45) is 0 Å². The van der Waals surface area contributed by atoms with Crippen molar-refractivity contribution >= 4 is 45.3 Å². The first-order chi connectivity index (χ1) is 13.9. The van der Waals surface area contributed by atoms with Gasteiger partial charge in [-0.15, -0.1) is 0 Å². The lowest BCUT2D eigenvalue weighted by Gasteiger charge is -2.11. The smallest absolute Gasteiger partial charge is 0.291 e. The summed E-state index contributed by atoms with van der Waals surface area (Å²) in [5.41, 5.74) is 1.65. The number of amides is 2. The summed E-state index contributed by atoms with van der Waals surface area (Å²) in [6.45, 7) is 1.45. The maximum Gasteiger partial charge on any atom is 0.291 e. The van der Waals surface area contributed by atoms with Crippen molar-refractivity contribution in [3.63, 3.8) is 0 Å². The number of benzene rings is 2. The summed E-state index contributed by atoms with van der Waals surface area (Å²) in [7, 11) is 0. The third-order valence-electron chi connectivity index (χ3n) is 3.92. The van der Waals surface area contributed by atoms with Gasteiger partial charge in [-0.3, -0.25) is 14.4 Å². The molecule has 0 fully saturated rings. The Kier molecular flexibility index (Phi) is 6.41. The molecule has 0 aliphatic heterocycles. The molecule has 0 saturated carbocycles. The molecule has 6 nitrogen and oxygen atoms in total. The lowest BCUT2D eigenvalue weighted by molar-refractivity contribution is -0.113. The van der Waals surface area contributed by atoms with Crippen molar-refractivity contribution in [3.8, 4) is 0 Å². The van der Waals surface area contributed by atoms with Crippen molar-refractivity contribution in [2.45, 2.75) is 6.92 Å². The molecule has 1 aromatic heterocycles. The van der Waals surface area contributed by atoms with E-state index in [1.807, 2.05) is 18.2 Å². The molecular formula is C22H17BrN2O4. The van der Waals surface area contributed by atoms with Gasteiger partial charge in [-0.05, 0) is 55.0 Å². The second-order valence-electron chi connectivity index (χ2n) is 6.14. The summed E-state index contributed by atoms with van der Waals surface area (Å²) < 4.78 is 5.92. The Labute approximate surface area is 175 Å². The highest BCUT2D eigenvalue weighted by molar-refractivity contribution is 9.10. The largest absolute Gasteiger partial charge is 0.459 e. The van der Waals surface area contributed by atoms with Gasteiger partial charge in [0.2, 0.25) is 0 Å². The molecular weight excluding hydrogens is 436 g/mol. The summed E-state index contributed by atoms with van der Waals surface area (Å²) in [5, 5.41) is 5.29. The third-order valence-corrected chi connectivity index (χ3v) is 4.42. The van der Waals surface area contributed by atoms with Crippen LogP contribution in [0.4, 0.5) is 5.69 Å². The van der Waals surface area contributed by atoms with Crippen molar-refractivity contribution in [1.29, 1.82) is 0 Å². The van der Waals surface area contributed by atoms with E-state index in [2.05, 4.69) is 26.6 Å². The fourth-order valence-corrected chi connectivity index (χ4v) is 2.94. The summed E-state index contributed by atoms with van der Waals surface area (Å²) in [6, 6.07) is 16.9. The van der Waals surface area contributed by atoms with Crippen LogP contribution >= 0.6 is 15.9 Å². The number of hydrogen-bond acceptors (Lipinski definition) is 4. The highest BCUT2D eigenvalue weighted by Gasteiger charge is 2.17. The highest BCUT2D eigenvalue weighted by atomic mass is 79.9. The third kappa shape index (κ3) is 5.52. The molecule has 146 valence electrons. The van der Waals surface area contributed by atoms with E-state index in [4.69, 9.17) is 4.42 Å². The van der Waals surface area contributed by atoms with E-state index in [0.29, 0.717) is 16.8 Å². The maximum absolute atomic E-state index is 12.9. The van der Waals surface area contributed by atoms with Gasteiger partial charge in [0.1, 0.15) is 5.70 Å². The van der Waals surface area contributed by atoms with Crippen LogP contribution < -0.4 is 10.6 Å². The quantitative estimate of drug-likeness (QED) is 0.420. The van der Waals surface area contributed by atoms with Crippen molar-refractivity contribution < 1.29 is 18.8 Å². The average molecular weight is 453 g/mol. The molecule has 2 amide bonds. The minimum atomic E-state index is -0.552. The molecule has 3 aromatic rings. The SMILES string of the molecule is CC(=O)c1cccc(NC(=O)C(=Cc2cccc(Br)c2)NC(=O)c2ccco2)c1. The van der Waals surface area contributed by atoms with Gasteiger partial charge in [0.05, 0.1) is 6.26 Å². The Morgan fingerprint density at radius 3 is 2.48 bits per heavy atom. The summed E-state index contributed by atoms with van der Waals surface area (Å²) in [4.78, 5) is 36.8. The second-order valence-corrected chi connectivity index (χ2v) is 7.05. The first kappa shape index (κ1) is 20.3. The predicted molar refractivity (Wildman–Crippen MR) is 113 cm³/mol. The van der Waals surface area contributed by atoms with Gasteiger partial charge in [-0.2, -0.15) is 0 Å². The van der Waals surface area contributed by atoms with E-state index in [1.54, 1.807) is 42.5 Å². The van der Waals surface area contributed by atoms with Gasteiger partial charge in [0.15, 0.2) is 11.5 Å². The van der Waals surface area contributed by atoms with Gasteiger partial charge < -0.3 is 15.1 Å². The normalized spacial score (nSPS) is 11.0. The molecule has 0 aliphatic carbocycles. The molecule has 1 heterocycles. The molecule has 7 heteroatoms. The molecule has 3 rings (SSSR count). The lowest BCUT2D eigenvalue weighted by Crippen LogP contribution is -2.30. The van der Waals surface area contributed by atoms with Crippen LogP contribution in [0.25, 0.3) is 6.08 Å². The van der Waals surface area contributed by atoms with Crippen LogP contribution in [0.3, 0.4) is 0 Å². The monoisotopic (exact) mass is 452 g/mol. The number of ketones is 1. The van der Waals surface area contributed by atoms with Crippen LogP contribution in [0, 0.1) is 0 Å². The summed E-state index contributed by atoms with van der Waals surface area (Å²) in [6.07, 6.45) is 2.93. The number of anilines is 1. The molecule has 2 aromatic carbocycles. The zero-order valence-corrected chi connectivity index (χ0v) is 17.0. The molecule has 0 bridgehead atoms. The fourth-order valence-electron chi connectivity index (χ4n) is 2.53. The molecule has 0 radical (unpaired) electrons. The standard InChI is InChI=1S/C22H17BrN2O4/c1-14(26)16-6-3-8-18(13-16)24-21(27)19(12-15-5-2-7-17(23)11-15)25-22(28)20-9-4-10-29-20/h2-13H,1H3,(H,24,27)(H,25,28). The number of carbonyl (C=O) groups is 3. The summed E-state index contributed by atoms with van der Waals surface area (Å²) >= 11 is 3.38. The maximum atomic E-state index is 12.9. The van der Waals surface area contributed by atoms with Gasteiger partial charge in [-0.1, -0.05) is 40.2 Å². The van der Waals surface area contributed by atoms with Crippen molar-refractivity contribution in [1.82, 2.24) is 5.32 Å². The number of furan rings is 1. The lowest BCUT2D eigenvalue weighted by atomic mass is 10.1. The van der Waals surface area contributed by atoms with Crippen LogP contribution in [-0.2, 0) is 4.79 Å². The molecule has 0 unspecified atom stereocenters. The first-order valence-corrected chi connectivity index (χ1v) is 9.46. The van der Waals surface area contributed by atoms with Gasteiger partial charge >= 0.3 is 0 Å². The molecule has 2 N–H and O–H groups in total. The Balaban J connectivity index is 1.89. The van der Waals surface area contributed by atoms with Gasteiger partial charge in [-0.25, -0.2) is 0 Å². The van der Waals surface area contributed by atoms with Gasteiger partial charge in [0, 0.05) is 15.7 Å². The van der Waals surface area contributed by atoms with Crippen molar-refractivity contribution in [3.05, 3.63) is 94.0 Å². The number of rotatable bonds is 6. The second kappa shape index (κ2) is 9.16. The average Bonchev–Trinajstić information content (AvgIpc) is 3.22. The minimum absolute atomic E-state index is 0.0257. The first-order valence-electron chi connectivity index (χ1n) is 8.67. The molecule has 0 aliphatic rings. The zero-order chi connectivity index (χ0) is 20.8. The molecule has 29 heavy (non-hydrogen) atoms. The zero-order valence-electron chi connectivity index (χ0n) is 15.4. The van der Waals surface area contributed by atoms with Crippen LogP contribution in [0.2, 0.25) is 0 Å². The van der Waals surface area contributed by atoms with E-state index in [1.165, 1.54) is 19.3 Å². The molecule has 0 atom stereocenters. The van der Waals surface area contributed by atoms with E-state index in [-0.39, 0.29) is 17.2 Å². The van der Waals surface area contributed by atoms with Crippen LogP contribution in [0.5, 0.6) is 0 Å². The number of halogens is 1. The summed E-state index contributed by atoms with van der Waals surface area (Å²) in [5.74, 6) is -1.12. The van der Waals surface area contributed by atoms with Crippen LogP contribution in [-0.4, -0.2) is 17.6 Å². The minimum Gasteiger partial charge on any atom is -0.459 e. The number of carbonyl (C=O) groups excluding carboxylic acids is 3. The Bertz CT molecular complexity index is 1090. The van der Waals surface area contributed by atoms with Gasteiger partial charge in [0.25, 0.3) is 11.8 Å². The fraction of sp³-hybridized carbons (Fsp3) is 0.0455. The Morgan fingerprint density at radius 1 is 1.00 bits per heavy atom. The number of nitrogens with one attached hydrogen (secondary N) is 2.